The molecule has 31 heavy (non-hydrogen) atoms. The Hall–Kier alpha value is -3.06. The van der Waals surface area contributed by atoms with Crippen LogP contribution in [0.2, 0.25) is 0 Å². The lowest BCUT2D eigenvalue weighted by atomic mass is 10.1. The van der Waals surface area contributed by atoms with Crippen LogP contribution in [0, 0.1) is 13.8 Å². The van der Waals surface area contributed by atoms with Crippen LogP contribution in [0.25, 0.3) is 5.69 Å². The average molecular weight is 435 g/mol. The van der Waals surface area contributed by atoms with Crippen molar-refractivity contribution in [1.29, 1.82) is 0 Å². The van der Waals surface area contributed by atoms with E-state index in [-0.39, 0.29) is 11.8 Å². The number of carbonyl (C=O) groups is 2. The summed E-state index contributed by atoms with van der Waals surface area (Å²) in [7, 11) is 0. The molecule has 7 heteroatoms. The van der Waals surface area contributed by atoms with Crippen molar-refractivity contribution in [2.24, 2.45) is 0 Å². The fourth-order valence-electron chi connectivity index (χ4n) is 3.57. The molecule has 0 atom stereocenters. The second-order valence-electron chi connectivity index (χ2n) is 7.73. The van der Waals surface area contributed by atoms with Crippen molar-refractivity contribution in [1.82, 2.24) is 14.9 Å². The minimum Gasteiger partial charge on any atom is -0.351 e. The third kappa shape index (κ3) is 4.99. The third-order valence-corrected chi connectivity index (χ3v) is 6.49. The van der Waals surface area contributed by atoms with E-state index in [0.29, 0.717) is 18.7 Å². The lowest BCUT2D eigenvalue weighted by Gasteiger charge is -2.16. The van der Waals surface area contributed by atoms with Crippen molar-refractivity contribution < 1.29 is 9.59 Å². The molecule has 1 saturated heterocycles. The highest BCUT2D eigenvalue weighted by molar-refractivity contribution is 7.99. The molecule has 0 spiro atoms. The molecule has 1 aliphatic heterocycles. The van der Waals surface area contributed by atoms with E-state index in [1.165, 1.54) is 22.9 Å². The second kappa shape index (κ2) is 9.39. The molecule has 4 rings (SSSR count). The topological polar surface area (TPSA) is 67.2 Å². The molecular formula is C24H26N4O2S. The summed E-state index contributed by atoms with van der Waals surface area (Å²) in [4.78, 5) is 30.4. The van der Waals surface area contributed by atoms with Gasteiger partial charge >= 0.3 is 0 Å². The summed E-state index contributed by atoms with van der Waals surface area (Å²) in [6, 6.07) is 14.1. The quantitative estimate of drug-likeness (QED) is 0.570. The molecule has 0 saturated carbocycles. The highest BCUT2D eigenvalue weighted by Crippen LogP contribution is 2.23. The van der Waals surface area contributed by atoms with Crippen LogP contribution < -0.4 is 10.2 Å². The number of anilines is 1. The lowest BCUT2D eigenvalue weighted by molar-refractivity contribution is -0.119. The molecule has 0 radical (unpaired) electrons. The zero-order valence-corrected chi connectivity index (χ0v) is 18.6. The Morgan fingerprint density at radius 3 is 2.58 bits per heavy atom. The van der Waals surface area contributed by atoms with E-state index in [1.54, 1.807) is 6.20 Å². The maximum atomic E-state index is 12.4. The minimum absolute atomic E-state index is 0.0431. The van der Waals surface area contributed by atoms with Gasteiger partial charge in [0, 0.05) is 43.3 Å². The maximum absolute atomic E-state index is 12.4. The summed E-state index contributed by atoms with van der Waals surface area (Å²) in [5.74, 6) is 0.429. The molecule has 0 bridgehead atoms. The van der Waals surface area contributed by atoms with Gasteiger partial charge in [0.1, 0.15) is 0 Å². The van der Waals surface area contributed by atoms with Crippen molar-refractivity contribution >= 4 is 29.3 Å². The van der Waals surface area contributed by atoms with Gasteiger partial charge in [0.15, 0.2) is 5.16 Å². The van der Waals surface area contributed by atoms with Crippen LogP contribution in [-0.2, 0) is 16.1 Å². The SMILES string of the molecule is Cc1ccc(-n2ccnc2SCC(=O)NCc2ccc(N3CCCC3=O)cc2)cc1C. The molecule has 1 N–H and O–H groups in total. The van der Waals surface area contributed by atoms with Gasteiger partial charge < -0.3 is 10.2 Å². The fourth-order valence-corrected chi connectivity index (χ4v) is 4.37. The summed E-state index contributed by atoms with van der Waals surface area (Å²) < 4.78 is 2.00. The number of hydrogen-bond acceptors (Lipinski definition) is 4. The first-order chi connectivity index (χ1) is 15.0. The summed E-state index contributed by atoms with van der Waals surface area (Å²) >= 11 is 1.42. The summed E-state index contributed by atoms with van der Waals surface area (Å²) in [5.41, 5.74) is 5.44. The Morgan fingerprint density at radius 2 is 1.87 bits per heavy atom. The monoisotopic (exact) mass is 434 g/mol. The number of nitrogens with one attached hydrogen (secondary N) is 1. The van der Waals surface area contributed by atoms with E-state index in [0.717, 1.165) is 35.1 Å². The van der Waals surface area contributed by atoms with Crippen LogP contribution in [-0.4, -0.2) is 33.7 Å². The first-order valence-corrected chi connectivity index (χ1v) is 11.4. The molecule has 2 aromatic carbocycles. The third-order valence-electron chi connectivity index (χ3n) is 5.52. The van der Waals surface area contributed by atoms with Gasteiger partial charge in [-0.15, -0.1) is 0 Å². The number of nitrogens with zero attached hydrogens (tertiary/aromatic N) is 3. The number of aromatic nitrogens is 2. The summed E-state index contributed by atoms with van der Waals surface area (Å²) in [6.45, 7) is 5.42. The summed E-state index contributed by atoms with van der Waals surface area (Å²) in [6.07, 6.45) is 5.20. The molecule has 1 aromatic heterocycles. The first-order valence-electron chi connectivity index (χ1n) is 10.4. The largest absolute Gasteiger partial charge is 0.351 e. The number of amides is 2. The predicted octanol–water partition coefficient (Wildman–Crippen LogP) is 4.02. The summed E-state index contributed by atoms with van der Waals surface area (Å²) in [5, 5.41) is 3.75. The standard InChI is InChI=1S/C24H26N4O2S/c1-17-5-8-21(14-18(17)2)28-13-11-25-24(28)31-16-22(29)26-15-19-6-9-20(10-7-19)27-12-3-4-23(27)30/h5-11,13-14H,3-4,12,15-16H2,1-2H3,(H,26,29). The van der Waals surface area contributed by atoms with Crippen LogP contribution in [0.1, 0.15) is 29.5 Å². The van der Waals surface area contributed by atoms with E-state index in [1.807, 2.05) is 39.9 Å². The highest BCUT2D eigenvalue weighted by atomic mass is 32.2. The average Bonchev–Trinajstić information content (AvgIpc) is 3.42. The number of imidazole rings is 1. The first kappa shape index (κ1) is 21.2. The Labute approximate surface area is 186 Å². The molecule has 160 valence electrons. The lowest BCUT2D eigenvalue weighted by Crippen LogP contribution is -2.25. The van der Waals surface area contributed by atoms with Crippen molar-refractivity contribution in [3.63, 3.8) is 0 Å². The van der Waals surface area contributed by atoms with Crippen LogP contribution in [0.3, 0.4) is 0 Å². The van der Waals surface area contributed by atoms with Gasteiger partial charge in [-0.1, -0.05) is 30.0 Å². The van der Waals surface area contributed by atoms with Crippen molar-refractivity contribution in [3.05, 3.63) is 71.5 Å². The van der Waals surface area contributed by atoms with Crippen molar-refractivity contribution in [3.8, 4) is 5.69 Å². The van der Waals surface area contributed by atoms with Crippen LogP contribution >= 0.6 is 11.8 Å². The van der Waals surface area contributed by atoms with Gasteiger partial charge in [-0.2, -0.15) is 0 Å². The molecule has 1 fully saturated rings. The molecule has 3 aromatic rings. The van der Waals surface area contributed by atoms with Gasteiger partial charge in [-0.05, 0) is 61.2 Å². The molecule has 2 amide bonds. The van der Waals surface area contributed by atoms with Gasteiger partial charge in [-0.3, -0.25) is 14.2 Å². The number of rotatable bonds is 7. The van der Waals surface area contributed by atoms with E-state index in [9.17, 15) is 9.59 Å². The van der Waals surface area contributed by atoms with Gasteiger partial charge in [-0.25, -0.2) is 4.98 Å². The molecule has 6 nitrogen and oxygen atoms in total. The number of benzene rings is 2. The van der Waals surface area contributed by atoms with Gasteiger partial charge in [0.25, 0.3) is 0 Å². The van der Waals surface area contributed by atoms with E-state index in [4.69, 9.17) is 0 Å². The van der Waals surface area contributed by atoms with Gasteiger partial charge in [0.2, 0.25) is 11.8 Å². The van der Waals surface area contributed by atoms with Gasteiger partial charge in [0.05, 0.1) is 5.75 Å². The van der Waals surface area contributed by atoms with Crippen LogP contribution in [0.5, 0.6) is 0 Å². The number of carbonyl (C=O) groups excluding carboxylic acids is 2. The zero-order valence-electron chi connectivity index (χ0n) is 17.8. The number of thioether (sulfide) groups is 1. The van der Waals surface area contributed by atoms with Crippen LogP contribution in [0.4, 0.5) is 5.69 Å². The van der Waals surface area contributed by atoms with E-state index < -0.39 is 0 Å². The van der Waals surface area contributed by atoms with Crippen molar-refractivity contribution in [2.75, 3.05) is 17.2 Å². The minimum atomic E-state index is -0.0431. The van der Waals surface area contributed by atoms with Crippen molar-refractivity contribution in [2.45, 2.75) is 38.4 Å². The molecule has 2 heterocycles. The maximum Gasteiger partial charge on any atom is 0.230 e. The second-order valence-corrected chi connectivity index (χ2v) is 8.67. The molecule has 1 aliphatic rings. The normalized spacial score (nSPS) is 13.6. The number of aryl methyl sites for hydroxylation is 2. The Kier molecular flexibility index (Phi) is 6.42. The Balaban J connectivity index is 1.30. The zero-order chi connectivity index (χ0) is 21.8. The Bertz CT molecular complexity index is 1090. The smallest absolute Gasteiger partial charge is 0.230 e. The predicted molar refractivity (Wildman–Crippen MR) is 124 cm³/mol. The molecular weight excluding hydrogens is 408 g/mol. The highest BCUT2D eigenvalue weighted by Gasteiger charge is 2.21. The molecule has 0 unspecified atom stereocenters. The van der Waals surface area contributed by atoms with E-state index >= 15 is 0 Å². The fraction of sp³-hybridized carbons (Fsp3) is 0.292. The molecule has 0 aliphatic carbocycles. The Morgan fingerprint density at radius 1 is 1.10 bits per heavy atom. The van der Waals surface area contributed by atoms with Crippen LogP contribution in [0.15, 0.2) is 60.0 Å². The number of hydrogen-bond donors (Lipinski definition) is 1. The van der Waals surface area contributed by atoms with E-state index in [2.05, 4.69) is 42.3 Å².